The summed E-state index contributed by atoms with van der Waals surface area (Å²) >= 11 is 0. The van der Waals surface area contributed by atoms with Crippen LogP contribution in [0.1, 0.15) is 116 Å². The van der Waals surface area contributed by atoms with Crippen molar-refractivity contribution in [1.29, 1.82) is 0 Å². The van der Waals surface area contributed by atoms with Crippen LogP contribution in [0.15, 0.2) is 0 Å². The fourth-order valence-corrected chi connectivity index (χ4v) is 4.07. The lowest BCUT2D eigenvalue weighted by Gasteiger charge is -2.18. The zero-order chi connectivity index (χ0) is 28.3. The average Bonchev–Trinajstić information content (AvgIpc) is 2.91. The van der Waals surface area contributed by atoms with Crippen molar-refractivity contribution in [3.63, 3.8) is 0 Å². The molecular weight excluding hydrogens is 486 g/mol. The van der Waals surface area contributed by atoms with Gasteiger partial charge < -0.3 is 32.2 Å². The Hall–Kier alpha value is -2.20. The van der Waals surface area contributed by atoms with Crippen molar-refractivity contribution in [3.8, 4) is 0 Å². The molecule has 0 radical (unpaired) electrons. The molecule has 0 aromatic carbocycles. The predicted octanol–water partition coefficient (Wildman–Crippen LogP) is 2.82. The first-order valence-corrected chi connectivity index (χ1v) is 14.8. The second-order valence-electron chi connectivity index (χ2n) is 9.92. The van der Waals surface area contributed by atoms with Gasteiger partial charge in [-0.25, -0.2) is 0 Å². The summed E-state index contributed by atoms with van der Waals surface area (Å²) in [6.07, 6.45) is 19.3. The van der Waals surface area contributed by atoms with E-state index in [0.29, 0.717) is 32.4 Å². The maximum atomic E-state index is 12.5. The van der Waals surface area contributed by atoms with Gasteiger partial charge >= 0.3 is 5.97 Å². The van der Waals surface area contributed by atoms with Crippen LogP contribution in [0.3, 0.4) is 0 Å². The molecule has 10 heteroatoms. The Bertz CT molecular complexity index is 633. The number of esters is 1. The second-order valence-corrected chi connectivity index (χ2v) is 9.92. The van der Waals surface area contributed by atoms with Gasteiger partial charge in [-0.15, -0.1) is 0 Å². The Morgan fingerprint density at radius 2 is 1.21 bits per heavy atom. The van der Waals surface area contributed by atoms with Crippen molar-refractivity contribution in [2.24, 2.45) is 11.5 Å². The molecule has 3 amide bonds. The quantitative estimate of drug-likeness (QED) is 0.0829. The number of amides is 3. The van der Waals surface area contributed by atoms with Crippen LogP contribution < -0.4 is 27.4 Å². The van der Waals surface area contributed by atoms with Crippen LogP contribution in [0.5, 0.6) is 0 Å². The van der Waals surface area contributed by atoms with Crippen LogP contribution in [0.2, 0.25) is 0 Å². The summed E-state index contributed by atoms with van der Waals surface area (Å²) in [4.78, 5) is 47.8. The van der Waals surface area contributed by atoms with Crippen LogP contribution >= 0.6 is 0 Å². The molecule has 0 rings (SSSR count). The molecule has 0 fully saturated rings. The minimum Gasteiger partial charge on any atom is -0.464 e. The number of ether oxygens (including phenoxy) is 1. The highest BCUT2D eigenvalue weighted by Gasteiger charge is 2.21. The molecular formula is C28H55N5O5. The molecule has 7 N–H and O–H groups in total. The molecule has 0 spiro atoms. The molecule has 0 saturated heterocycles. The zero-order valence-corrected chi connectivity index (χ0v) is 23.8. The zero-order valence-electron chi connectivity index (χ0n) is 23.8. The Morgan fingerprint density at radius 3 is 1.74 bits per heavy atom. The summed E-state index contributed by atoms with van der Waals surface area (Å²) in [6, 6.07) is -0.831. The van der Waals surface area contributed by atoms with Crippen LogP contribution in [0.4, 0.5) is 0 Å². The summed E-state index contributed by atoms with van der Waals surface area (Å²) < 4.78 is 5.22. The molecule has 38 heavy (non-hydrogen) atoms. The molecule has 1 atom stereocenters. The molecule has 0 saturated carbocycles. The van der Waals surface area contributed by atoms with Crippen molar-refractivity contribution in [2.45, 2.75) is 122 Å². The number of carbonyl (C=O) groups is 4. The molecule has 0 aliphatic heterocycles. The molecule has 0 aromatic rings. The first-order chi connectivity index (χ1) is 18.4. The van der Waals surface area contributed by atoms with Gasteiger partial charge in [0.1, 0.15) is 12.6 Å². The number of hydrogen-bond donors (Lipinski definition) is 5. The molecule has 0 aliphatic carbocycles. The van der Waals surface area contributed by atoms with E-state index in [0.717, 1.165) is 19.3 Å². The van der Waals surface area contributed by atoms with Gasteiger partial charge in [0.2, 0.25) is 17.7 Å². The molecule has 0 aliphatic rings. The monoisotopic (exact) mass is 541 g/mol. The van der Waals surface area contributed by atoms with Gasteiger partial charge in [0.15, 0.2) is 0 Å². The van der Waals surface area contributed by atoms with Crippen LogP contribution in [0.25, 0.3) is 0 Å². The molecule has 1 unspecified atom stereocenters. The Kier molecular flexibility index (Phi) is 24.9. The lowest BCUT2D eigenvalue weighted by molar-refractivity contribution is -0.144. The van der Waals surface area contributed by atoms with Crippen molar-refractivity contribution in [1.82, 2.24) is 16.0 Å². The van der Waals surface area contributed by atoms with E-state index in [4.69, 9.17) is 16.2 Å². The number of carbonyl (C=O) groups excluding carboxylic acids is 4. The maximum absolute atomic E-state index is 12.5. The van der Waals surface area contributed by atoms with E-state index >= 15 is 0 Å². The van der Waals surface area contributed by atoms with E-state index in [1.165, 1.54) is 70.6 Å². The van der Waals surface area contributed by atoms with Crippen molar-refractivity contribution < 1.29 is 23.9 Å². The largest absolute Gasteiger partial charge is 0.464 e. The standard InChI is InChI=1S/C28H55N5O5/c1-2-3-4-5-6-7-8-9-10-11-12-13-14-17-20-38-27(36)23-32-28(37)24(18-15-16-19-29)33-26(35)22-31-25(34)21-30/h24H,2-23,29-30H2,1H3,(H,31,34)(H,32,37)(H,33,35). The van der Waals surface area contributed by atoms with E-state index in [-0.39, 0.29) is 19.6 Å². The van der Waals surface area contributed by atoms with E-state index < -0.39 is 29.7 Å². The summed E-state index contributed by atoms with van der Waals surface area (Å²) in [7, 11) is 0. The highest BCUT2D eigenvalue weighted by molar-refractivity contribution is 5.91. The smallest absolute Gasteiger partial charge is 0.325 e. The van der Waals surface area contributed by atoms with E-state index in [2.05, 4.69) is 22.9 Å². The summed E-state index contributed by atoms with van der Waals surface area (Å²) in [6.45, 7) is 2.29. The lowest BCUT2D eigenvalue weighted by atomic mass is 10.0. The molecule has 0 heterocycles. The van der Waals surface area contributed by atoms with Crippen LogP contribution in [-0.4, -0.2) is 62.5 Å². The Morgan fingerprint density at radius 1 is 0.658 bits per heavy atom. The number of nitrogens with one attached hydrogen (secondary N) is 3. The third kappa shape index (κ3) is 23.0. The number of hydrogen-bond acceptors (Lipinski definition) is 7. The fourth-order valence-electron chi connectivity index (χ4n) is 4.07. The summed E-state index contributed by atoms with van der Waals surface area (Å²) in [5.41, 5.74) is 10.7. The topological polar surface area (TPSA) is 166 Å². The van der Waals surface area contributed by atoms with E-state index in [9.17, 15) is 19.2 Å². The van der Waals surface area contributed by atoms with Gasteiger partial charge in [0, 0.05) is 0 Å². The van der Waals surface area contributed by atoms with Gasteiger partial charge in [-0.1, -0.05) is 90.4 Å². The van der Waals surface area contributed by atoms with E-state index in [1.54, 1.807) is 0 Å². The number of rotatable bonds is 26. The summed E-state index contributed by atoms with van der Waals surface area (Å²) in [5.74, 6) is -1.96. The highest BCUT2D eigenvalue weighted by atomic mass is 16.5. The van der Waals surface area contributed by atoms with Gasteiger partial charge in [-0.2, -0.15) is 0 Å². The van der Waals surface area contributed by atoms with Crippen molar-refractivity contribution in [2.75, 3.05) is 32.8 Å². The molecule has 0 aromatic heterocycles. The summed E-state index contributed by atoms with van der Waals surface area (Å²) in [5, 5.41) is 7.46. The first kappa shape index (κ1) is 35.8. The Balaban J connectivity index is 3.90. The van der Waals surface area contributed by atoms with Crippen molar-refractivity contribution >= 4 is 23.7 Å². The third-order valence-electron chi connectivity index (χ3n) is 6.40. The van der Waals surface area contributed by atoms with E-state index in [1.807, 2.05) is 0 Å². The number of nitrogens with two attached hydrogens (primary N) is 2. The van der Waals surface area contributed by atoms with Crippen LogP contribution in [0, 0.1) is 0 Å². The van der Waals surface area contributed by atoms with Gasteiger partial charge in [0.05, 0.1) is 19.7 Å². The average molecular weight is 542 g/mol. The maximum Gasteiger partial charge on any atom is 0.325 e. The predicted molar refractivity (Wildman–Crippen MR) is 151 cm³/mol. The molecule has 222 valence electrons. The van der Waals surface area contributed by atoms with Gasteiger partial charge in [-0.3, -0.25) is 19.2 Å². The Labute approximate surface area is 230 Å². The highest BCUT2D eigenvalue weighted by Crippen LogP contribution is 2.13. The minimum absolute atomic E-state index is 0.227. The lowest BCUT2D eigenvalue weighted by Crippen LogP contribution is -2.50. The third-order valence-corrected chi connectivity index (χ3v) is 6.40. The van der Waals surface area contributed by atoms with Gasteiger partial charge in [0.25, 0.3) is 0 Å². The minimum atomic E-state index is -0.831. The second kappa shape index (κ2) is 26.4. The fraction of sp³-hybridized carbons (Fsp3) is 0.857. The number of unbranched alkanes of at least 4 members (excludes halogenated alkanes) is 14. The SMILES string of the molecule is CCCCCCCCCCCCCCCCOC(=O)CNC(=O)C(CCCCN)NC(=O)CNC(=O)CN. The normalized spacial score (nSPS) is 11.6. The van der Waals surface area contributed by atoms with Crippen molar-refractivity contribution in [3.05, 3.63) is 0 Å². The van der Waals surface area contributed by atoms with Gasteiger partial charge in [-0.05, 0) is 32.2 Å². The first-order valence-electron chi connectivity index (χ1n) is 14.8. The molecule has 0 bridgehead atoms. The molecule has 10 nitrogen and oxygen atoms in total. The van der Waals surface area contributed by atoms with Crippen LogP contribution in [-0.2, 0) is 23.9 Å².